The molecule has 2 aromatic carbocycles. The number of hydrogen-bond acceptors (Lipinski definition) is 4. The van der Waals surface area contributed by atoms with Gasteiger partial charge in [-0.2, -0.15) is 0 Å². The maximum absolute atomic E-state index is 12.3. The molecule has 144 valence electrons. The summed E-state index contributed by atoms with van der Waals surface area (Å²) in [6.45, 7) is 2.70. The molecule has 0 saturated heterocycles. The van der Waals surface area contributed by atoms with E-state index in [0.29, 0.717) is 11.3 Å². The van der Waals surface area contributed by atoms with E-state index >= 15 is 0 Å². The quantitative estimate of drug-likeness (QED) is 0.593. The fourth-order valence-corrected chi connectivity index (χ4v) is 3.96. The van der Waals surface area contributed by atoms with E-state index in [4.69, 9.17) is 4.74 Å². The van der Waals surface area contributed by atoms with Crippen molar-refractivity contribution in [3.63, 3.8) is 0 Å². The van der Waals surface area contributed by atoms with E-state index in [0.717, 1.165) is 43.4 Å². The van der Waals surface area contributed by atoms with Gasteiger partial charge >= 0.3 is 5.97 Å². The summed E-state index contributed by atoms with van der Waals surface area (Å²) in [6.07, 6.45) is 5.02. The molecule has 2 N–H and O–H groups in total. The van der Waals surface area contributed by atoms with Gasteiger partial charge in [-0.15, -0.1) is 0 Å². The molecule has 4 heteroatoms. The summed E-state index contributed by atoms with van der Waals surface area (Å²) in [5, 5.41) is 14.4. The summed E-state index contributed by atoms with van der Waals surface area (Å²) in [7, 11) is 1.91. The van der Waals surface area contributed by atoms with Gasteiger partial charge in [0.05, 0.1) is 11.2 Å². The highest BCUT2D eigenvalue weighted by molar-refractivity contribution is 5.91. The minimum absolute atomic E-state index is 0.0321. The van der Waals surface area contributed by atoms with Crippen molar-refractivity contribution in [1.82, 2.24) is 5.32 Å². The molecule has 0 aromatic heterocycles. The average Bonchev–Trinajstić information content (AvgIpc) is 2.68. The Kier molecular flexibility index (Phi) is 6.30. The number of rotatable bonds is 6. The van der Waals surface area contributed by atoms with Crippen molar-refractivity contribution in [3.05, 3.63) is 65.2 Å². The number of ether oxygens (including phenoxy) is 1. The third-order valence-electron chi connectivity index (χ3n) is 5.56. The number of aryl methyl sites for hydroxylation is 1. The van der Waals surface area contributed by atoms with E-state index < -0.39 is 5.60 Å². The Hall–Kier alpha value is -2.17. The topological polar surface area (TPSA) is 58.6 Å². The van der Waals surface area contributed by atoms with Crippen LogP contribution < -0.4 is 10.1 Å². The predicted octanol–water partition coefficient (Wildman–Crippen LogP) is 4.21. The van der Waals surface area contributed by atoms with Crippen LogP contribution in [0.25, 0.3) is 0 Å². The van der Waals surface area contributed by atoms with Crippen molar-refractivity contribution in [3.8, 4) is 5.75 Å². The van der Waals surface area contributed by atoms with E-state index in [9.17, 15) is 9.90 Å². The van der Waals surface area contributed by atoms with Gasteiger partial charge in [0.2, 0.25) is 0 Å². The molecule has 1 aliphatic rings. The van der Waals surface area contributed by atoms with Crippen LogP contribution in [0.4, 0.5) is 0 Å². The molecule has 2 aromatic rings. The Balaban J connectivity index is 1.72. The van der Waals surface area contributed by atoms with E-state index in [1.165, 1.54) is 6.42 Å². The van der Waals surface area contributed by atoms with Crippen molar-refractivity contribution in [2.75, 3.05) is 13.6 Å². The monoisotopic (exact) mass is 367 g/mol. The lowest BCUT2D eigenvalue weighted by molar-refractivity contribution is -0.0211. The van der Waals surface area contributed by atoms with Crippen molar-refractivity contribution >= 4 is 5.97 Å². The maximum atomic E-state index is 12.3. The average molecular weight is 367 g/mol. The van der Waals surface area contributed by atoms with Crippen LogP contribution >= 0.6 is 0 Å². The minimum Gasteiger partial charge on any atom is -0.423 e. The second-order valence-corrected chi connectivity index (χ2v) is 7.60. The molecule has 0 aliphatic heterocycles. The number of likely N-dealkylation sites (N-methyl/N-ethyl adjacent to an activating group) is 1. The number of esters is 1. The summed E-state index contributed by atoms with van der Waals surface area (Å²) in [4.78, 5) is 12.3. The predicted molar refractivity (Wildman–Crippen MR) is 107 cm³/mol. The van der Waals surface area contributed by atoms with Crippen molar-refractivity contribution in [1.29, 1.82) is 0 Å². The third-order valence-corrected chi connectivity index (χ3v) is 5.56. The second kappa shape index (κ2) is 8.68. The van der Waals surface area contributed by atoms with E-state index in [1.807, 2.05) is 50.4 Å². The first-order valence-corrected chi connectivity index (χ1v) is 9.77. The van der Waals surface area contributed by atoms with E-state index in [1.54, 1.807) is 12.1 Å². The fourth-order valence-electron chi connectivity index (χ4n) is 3.96. The van der Waals surface area contributed by atoms with Crippen LogP contribution in [-0.4, -0.2) is 30.3 Å². The zero-order valence-corrected chi connectivity index (χ0v) is 16.2. The van der Waals surface area contributed by atoms with E-state index in [2.05, 4.69) is 5.32 Å². The van der Waals surface area contributed by atoms with Crippen LogP contribution in [0.1, 0.15) is 59.5 Å². The highest BCUT2D eigenvalue weighted by Gasteiger charge is 2.38. The smallest absolute Gasteiger partial charge is 0.343 e. The molecular formula is C23H29NO3. The normalized spacial score (nSPS) is 17.3. The minimum atomic E-state index is -0.665. The van der Waals surface area contributed by atoms with Gasteiger partial charge < -0.3 is 15.2 Å². The standard InChI is InChI=1S/C23H29NO3/c1-17-6-8-19(9-7-17)22(25)27-20-12-10-18(11-13-20)21(16-24-2)23(26)14-4-3-5-15-23/h6-13,21,24,26H,3-5,14-16H2,1-2H3. The van der Waals surface area contributed by atoms with Crippen LogP contribution in [0.2, 0.25) is 0 Å². The zero-order valence-electron chi connectivity index (χ0n) is 16.2. The van der Waals surface area contributed by atoms with Gasteiger partial charge in [-0.3, -0.25) is 0 Å². The number of nitrogens with one attached hydrogen (secondary N) is 1. The molecule has 0 bridgehead atoms. The lowest BCUT2D eigenvalue weighted by Crippen LogP contribution is -2.42. The Morgan fingerprint density at radius 2 is 1.70 bits per heavy atom. The lowest BCUT2D eigenvalue weighted by Gasteiger charge is -2.39. The van der Waals surface area contributed by atoms with Crippen LogP contribution in [-0.2, 0) is 0 Å². The Bertz CT molecular complexity index is 746. The van der Waals surface area contributed by atoms with Gasteiger partial charge in [0, 0.05) is 12.5 Å². The maximum Gasteiger partial charge on any atom is 0.343 e. The van der Waals surface area contributed by atoms with Gasteiger partial charge in [-0.1, -0.05) is 49.1 Å². The number of carbonyl (C=O) groups is 1. The van der Waals surface area contributed by atoms with Crippen LogP contribution in [0.15, 0.2) is 48.5 Å². The summed E-state index contributed by atoms with van der Waals surface area (Å²) in [6, 6.07) is 14.9. The van der Waals surface area contributed by atoms with Gasteiger partial charge in [0.25, 0.3) is 0 Å². The molecule has 0 amide bonds. The van der Waals surface area contributed by atoms with Crippen LogP contribution in [0.3, 0.4) is 0 Å². The molecule has 1 unspecified atom stereocenters. The van der Waals surface area contributed by atoms with Crippen LogP contribution in [0, 0.1) is 6.92 Å². The second-order valence-electron chi connectivity index (χ2n) is 7.60. The Morgan fingerprint density at radius 3 is 2.30 bits per heavy atom. The zero-order chi connectivity index (χ0) is 19.3. The highest BCUT2D eigenvalue weighted by Crippen LogP contribution is 2.40. The summed E-state index contributed by atoms with van der Waals surface area (Å²) in [5.41, 5.74) is 2.05. The van der Waals surface area contributed by atoms with Crippen molar-refractivity contribution in [2.24, 2.45) is 0 Å². The summed E-state index contributed by atoms with van der Waals surface area (Å²) in [5.74, 6) is 0.188. The molecule has 1 aliphatic carbocycles. The van der Waals surface area contributed by atoms with Gasteiger partial charge in [-0.05, 0) is 56.6 Å². The fraction of sp³-hybridized carbons (Fsp3) is 0.435. The molecule has 0 radical (unpaired) electrons. The largest absolute Gasteiger partial charge is 0.423 e. The van der Waals surface area contributed by atoms with Gasteiger partial charge in [0.15, 0.2) is 0 Å². The molecule has 0 spiro atoms. The van der Waals surface area contributed by atoms with Gasteiger partial charge in [0.1, 0.15) is 5.75 Å². The number of carbonyl (C=O) groups excluding carboxylic acids is 1. The summed E-state index contributed by atoms with van der Waals surface area (Å²) >= 11 is 0. The van der Waals surface area contributed by atoms with Gasteiger partial charge in [-0.25, -0.2) is 4.79 Å². The molecule has 3 rings (SSSR count). The SMILES string of the molecule is CNCC(c1ccc(OC(=O)c2ccc(C)cc2)cc1)C1(O)CCCCC1. The number of benzene rings is 2. The lowest BCUT2D eigenvalue weighted by atomic mass is 9.73. The van der Waals surface area contributed by atoms with E-state index in [-0.39, 0.29) is 11.9 Å². The molecule has 1 atom stereocenters. The molecule has 0 heterocycles. The molecule has 4 nitrogen and oxygen atoms in total. The number of hydrogen-bond donors (Lipinski definition) is 2. The van der Waals surface area contributed by atoms with Crippen molar-refractivity contribution in [2.45, 2.75) is 50.5 Å². The molecule has 1 saturated carbocycles. The highest BCUT2D eigenvalue weighted by atomic mass is 16.5. The molecule has 27 heavy (non-hydrogen) atoms. The van der Waals surface area contributed by atoms with Crippen LogP contribution in [0.5, 0.6) is 5.75 Å². The number of aliphatic hydroxyl groups is 1. The third kappa shape index (κ3) is 4.76. The summed E-state index contributed by atoms with van der Waals surface area (Å²) < 4.78 is 5.49. The Morgan fingerprint density at radius 1 is 1.07 bits per heavy atom. The molecule has 1 fully saturated rings. The Labute approximate surface area is 161 Å². The first-order chi connectivity index (χ1) is 13.0. The first-order valence-electron chi connectivity index (χ1n) is 9.77. The van der Waals surface area contributed by atoms with Crippen molar-refractivity contribution < 1.29 is 14.6 Å². The first kappa shape index (κ1) is 19.6. The molecular weight excluding hydrogens is 338 g/mol.